The summed E-state index contributed by atoms with van der Waals surface area (Å²) in [7, 11) is 3.25. The van der Waals surface area contributed by atoms with Crippen LogP contribution in [0.5, 0.6) is 17.2 Å². The van der Waals surface area contributed by atoms with E-state index in [0.29, 0.717) is 18.1 Å². The van der Waals surface area contributed by atoms with Gasteiger partial charge in [0.25, 0.3) is 0 Å². The zero-order valence-corrected chi connectivity index (χ0v) is 23.1. The lowest BCUT2D eigenvalue weighted by Crippen LogP contribution is -1.98. The Morgan fingerprint density at radius 2 is 1.14 bits per heavy atom. The number of nitrogens with zero attached hydrogens (tertiary/aromatic N) is 4. The number of hydrogen-bond donors (Lipinski definition) is 0. The van der Waals surface area contributed by atoms with Crippen LogP contribution in [0.3, 0.4) is 0 Å². The Bertz CT molecular complexity index is 1870. The van der Waals surface area contributed by atoms with Gasteiger partial charge in [0.05, 0.1) is 59.9 Å². The maximum atomic E-state index is 6.06. The summed E-state index contributed by atoms with van der Waals surface area (Å²) in [5, 5.41) is 0. The molecule has 0 radical (unpaired) electrons. The van der Waals surface area contributed by atoms with Crippen molar-refractivity contribution in [1.29, 1.82) is 0 Å². The fourth-order valence-corrected chi connectivity index (χ4v) is 5.00. The smallest absolute Gasteiger partial charge is 0.161 e. The van der Waals surface area contributed by atoms with Gasteiger partial charge < -0.3 is 14.2 Å². The van der Waals surface area contributed by atoms with Crippen LogP contribution < -0.4 is 14.2 Å². The molecule has 5 heterocycles. The fraction of sp³-hybridized carbons (Fsp3) is 0.0857. The third-order valence-electron chi connectivity index (χ3n) is 7.06. The lowest BCUT2D eigenvalue weighted by molar-refractivity contribution is 0.304. The molecule has 2 aromatic rings. The van der Waals surface area contributed by atoms with E-state index >= 15 is 0 Å². The van der Waals surface area contributed by atoms with E-state index in [0.717, 1.165) is 68.1 Å². The Hall–Kier alpha value is -5.56. The van der Waals surface area contributed by atoms with Gasteiger partial charge in [-0.2, -0.15) is 0 Å². The average molecular weight is 551 g/mol. The zero-order chi connectivity index (χ0) is 28.5. The molecule has 2 aromatic carbocycles. The molecule has 204 valence electrons. The van der Waals surface area contributed by atoms with Gasteiger partial charge >= 0.3 is 0 Å². The summed E-state index contributed by atoms with van der Waals surface area (Å²) >= 11 is 0. The van der Waals surface area contributed by atoms with Crippen molar-refractivity contribution in [2.24, 2.45) is 20.0 Å². The highest BCUT2D eigenvalue weighted by atomic mass is 16.5. The zero-order valence-electron chi connectivity index (χ0n) is 23.1. The summed E-state index contributed by atoms with van der Waals surface area (Å²) in [6.45, 7) is 0.408. The molecular formula is C35H26N4O3. The molecule has 0 amide bonds. The molecule has 7 heteroatoms. The van der Waals surface area contributed by atoms with Crippen molar-refractivity contribution >= 4 is 28.4 Å². The number of aliphatic imine (C=N–C) groups is 4. The summed E-state index contributed by atoms with van der Waals surface area (Å²) in [6, 6.07) is 13.8. The molecule has 0 saturated heterocycles. The van der Waals surface area contributed by atoms with Gasteiger partial charge in [-0.05, 0) is 102 Å². The number of ether oxygens (including phenoxy) is 3. The Labute approximate surface area is 243 Å². The van der Waals surface area contributed by atoms with Crippen LogP contribution in [0.25, 0.3) is 5.57 Å². The van der Waals surface area contributed by atoms with E-state index in [-0.39, 0.29) is 0 Å². The third kappa shape index (κ3) is 5.28. The molecule has 8 bridgehead atoms. The summed E-state index contributed by atoms with van der Waals surface area (Å²) in [5.74, 6) is 2.13. The van der Waals surface area contributed by atoms with Crippen molar-refractivity contribution in [3.05, 3.63) is 143 Å². The average Bonchev–Trinajstić information content (AvgIpc) is 3.82. The predicted molar refractivity (Wildman–Crippen MR) is 168 cm³/mol. The van der Waals surface area contributed by atoms with Crippen molar-refractivity contribution < 1.29 is 14.2 Å². The summed E-state index contributed by atoms with van der Waals surface area (Å²) in [4.78, 5) is 19.2. The normalized spacial score (nSPS) is 17.9. The molecule has 0 aliphatic carbocycles. The van der Waals surface area contributed by atoms with Crippen LogP contribution in [-0.4, -0.2) is 37.1 Å². The van der Waals surface area contributed by atoms with Crippen molar-refractivity contribution in [2.75, 3.05) is 14.2 Å². The molecule has 0 spiro atoms. The first-order chi connectivity index (χ1) is 20.6. The molecule has 7 rings (SSSR count). The van der Waals surface area contributed by atoms with Crippen LogP contribution >= 0.6 is 0 Å². The lowest BCUT2D eigenvalue weighted by Gasteiger charge is -2.11. The van der Waals surface area contributed by atoms with Gasteiger partial charge in [0.1, 0.15) is 12.4 Å². The first-order valence-electron chi connectivity index (χ1n) is 13.5. The highest BCUT2D eigenvalue weighted by molar-refractivity contribution is 6.19. The maximum Gasteiger partial charge on any atom is 0.161 e. The van der Waals surface area contributed by atoms with E-state index in [1.54, 1.807) is 14.2 Å². The number of benzene rings is 2. The minimum atomic E-state index is 0.408. The quantitative estimate of drug-likeness (QED) is 0.402. The second-order valence-corrected chi connectivity index (χ2v) is 9.94. The van der Waals surface area contributed by atoms with Crippen LogP contribution in [0.1, 0.15) is 11.1 Å². The molecule has 7 nitrogen and oxygen atoms in total. The molecule has 0 N–H and O–H groups in total. The predicted octanol–water partition coefficient (Wildman–Crippen LogP) is 6.70. The van der Waals surface area contributed by atoms with E-state index in [9.17, 15) is 0 Å². The Kier molecular flexibility index (Phi) is 6.52. The monoisotopic (exact) mass is 550 g/mol. The molecule has 5 aliphatic heterocycles. The van der Waals surface area contributed by atoms with Crippen LogP contribution in [0.4, 0.5) is 0 Å². The number of fused-ring (bicyclic) bond motifs is 4. The second-order valence-electron chi connectivity index (χ2n) is 9.94. The van der Waals surface area contributed by atoms with Crippen molar-refractivity contribution in [3.8, 4) is 17.2 Å². The molecule has 0 fully saturated rings. The maximum absolute atomic E-state index is 6.06. The number of allylic oxidation sites excluding steroid dienone is 12. The number of rotatable bonds is 6. The topological polar surface area (TPSA) is 77.1 Å². The van der Waals surface area contributed by atoms with Crippen LogP contribution in [0.2, 0.25) is 0 Å². The molecular weight excluding hydrogens is 524 g/mol. The standard InChI is InChI=1S/C35H26N4O3/c1-40-34-14-3-22(15-35(34)41-2)21-42-31-12-4-23(5-13-31)32-19-30-18-28-9-8-26(37-28)16-24-6-7-25(36-24)17-27-10-11-29(38-27)20-33(32)39-30/h3-20H,21H2,1-2H3. The highest BCUT2D eigenvalue weighted by Gasteiger charge is 2.18. The summed E-state index contributed by atoms with van der Waals surface area (Å²) < 4.78 is 16.8. The van der Waals surface area contributed by atoms with E-state index in [1.165, 1.54) is 0 Å². The van der Waals surface area contributed by atoms with Crippen molar-refractivity contribution in [2.45, 2.75) is 6.61 Å². The molecule has 0 aromatic heterocycles. The van der Waals surface area contributed by atoms with Crippen LogP contribution in [-0.2, 0) is 6.61 Å². The Morgan fingerprint density at radius 3 is 1.76 bits per heavy atom. The minimum Gasteiger partial charge on any atom is -0.493 e. The van der Waals surface area contributed by atoms with Gasteiger partial charge in [-0.15, -0.1) is 0 Å². The van der Waals surface area contributed by atoms with E-state index < -0.39 is 0 Å². The van der Waals surface area contributed by atoms with Crippen LogP contribution in [0, 0.1) is 0 Å². The fourth-order valence-electron chi connectivity index (χ4n) is 5.00. The Balaban J connectivity index is 1.17. The molecule has 5 aliphatic rings. The first kappa shape index (κ1) is 25.4. The van der Waals surface area contributed by atoms with Gasteiger partial charge in [0.15, 0.2) is 11.5 Å². The van der Waals surface area contributed by atoms with Gasteiger partial charge in [-0.25, -0.2) is 20.0 Å². The second kappa shape index (κ2) is 10.8. The van der Waals surface area contributed by atoms with Crippen molar-refractivity contribution in [1.82, 2.24) is 0 Å². The Morgan fingerprint density at radius 1 is 0.548 bits per heavy atom. The minimum absolute atomic E-state index is 0.408. The number of hydrogen-bond acceptors (Lipinski definition) is 7. The van der Waals surface area contributed by atoms with Crippen LogP contribution in [0.15, 0.2) is 152 Å². The first-order valence-corrected chi connectivity index (χ1v) is 13.5. The summed E-state index contributed by atoms with van der Waals surface area (Å²) in [6.07, 6.45) is 22.0. The van der Waals surface area contributed by atoms with Gasteiger partial charge in [0, 0.05) is 5.57 Å². The molecule has 0 atom stereocenters. The third-order valence-corrected chi connectivity index (χ3v) is 7.06. The van der Waals surface area contributed by atoms with Gasteiger partial charge in [0.2, 0.25) is 0 Å². The van der Waals surface area contributed by atoms with E-state index in [4.69, 9.17) is 29.2 Å². The number of methoxy groups -OCH3 is 2. The molecule has 0 unspecified atom stereocenters. The van der Waals surface area contributed by atoms with E-state index in [1.807, 2.05) is 91.1 Å². The largest absolute Gasteiger partial charge is 0.493 e. The highest BCUT2D eigenvalue weighted by Crippen LogP contribution is 2.33. The molecule has 42 heavy (non-hydrogen) atoms. The lowest BCUT2D eigenvalue weighted by atomic mass is 10.0. The van der Waals surface area contributed by atoms with Gasteiger partial charge in [-0.3, -0.25) is 0 Å². The van der Waals surface area contributed by atoms with E-state index in [2.05, 4.69) is 23.2 Å². The molecule has 0 saturated carbocycles. The SMILES string of the molecule is COc1ccc(COc2ccc(C3=CC4=NC3=CC3=NC(=CC5=NC(=CC6=NC(=C4)C=C6)C=C5)C=C3)cc2)cc1OC. The van der Waals surface area contributed by atoms with Crippen molar-refractivity contribution in [3.63, 3.8) is 0 Å². The van der Waals surface area contributed by atoms with Gasteiger partial charge in [-0.1, -0.05) is 18.2 Å². The summed E-state index contributed by atoms with van der Waals surface area (Å²) in [5.41, 5.74) is 9.79.